The number of hydrogen-bond donors (Lipinski definition) is 0. The van der Waals surface area contributed by atoms with Crippen LogP contribution in [0.2, 0.25) is 0 Å². The minimum atomic E-state index is 0.219. The summed E-state index contributed by atoms with van der Waals surface area (Å²) in [5.41, 5.74) is 1.22. The van der Waals surface area contributed by atoms with Crippen LogP contribution in [0.1, 0.15) is 11.6 Å². The highest BCUT2D eigenvalue weighted by molar-refractivity contribution is 5.50. The Hall–Kier alpha value is -1.31. The fourth-order valence-corrected chi connectivity index (χ4v) is 1.15. The molecule has 0 aliphatic carbocycles. The van der Waals surface area contributed by atoms with Crippen LogP contribution in [0.15, 0.2) is 35.3 Å². The highest BCUT2D eigenvalue weighted by Gasteiger charge is 2.12. The first-order valence-corrected chi connectivity index (χ1v) is 3.65. The Morgan fingerprint density at radius 2 is 2.09 bits per heavy atom. The second-order valence-corrected chi connectivity index (χ2v) is 2.51. The predicted octanol–water partition coefficient (Wildman–Crippen LogP) is 1.79. The molecular formula is C9H9NO. The van der Waals surface area contributed by atoms with Crippen LogP contribution in [0.25, 0.3) is 0 Å². The Kier molecular flexibility index (Phi) is 1.60. The molecule has 1 aromatic rings. The molecule has 0 spiro atoms. The Morgan fingerprint density at radius 3 is 2.73 bits per heavy atom. The zero-order chi connectivity index (χ0) is 7.52. The van der Waals surface area contributed by atoms with Gasteiger partial charge in [-0.25, -0.2) is 4.99 Å². The Bertz CT molecular complexity index is 256. The lowest BCUT2D eigenvalue weighted by molar-refractivity contribution is 0.330. The van der Waals surface area contributed by atoms with E-state index in [0.717, 1.165) is 0 Å². The van der Waals surface area contributed by atoms with Crippen molar-refractivity contribution in [3.63, 3.8) is 0 Å². The lowest BCUT2D eigenvalue weighted by atomic mass is 10.1. The minimum Gasteiger partial charge on any atom is -0.481 e. The lowest BCUT2D eigenvalue weighted by Gasteiger charge is -2.03. The molecule has 0 aromatic heterocycles. The molecule has 1 heterocycles. The Balaban J connectivity index is 2.23. The highest BCUT2D eigenvalue weighted by atomic mass is 16.5. The van der Waals surface area contributed by atoms with E-state index in [9.17, 15) is 0 Å². The molecule has 0 bridgehead atoms. The molecule has 0 unspecified atom stereocenters. The molecule has 11 heavy (non-hydrogen) atoms. The maximum Gasteiger partial charge on any atom is 0.170 e. The van der Waals surface area contributed by atoms with Crippen LogP contribution in [0.3, 0.4) is 0 Å². The largest absolute Gasteiger partial charge is 0.481 e. The number of benzene rings is 1. The van der Waals surface area contributed by atoms with Gasteiger partial charge in [0, 0.05) is 0 Å². The van der Waals surface area contributed by atoms with Crippen molar-refractivity contribution in [2.45, 2.75) is 6.04 Å². The monoisotopic (exact) mass is 147 g/mol. The first-order valence-electron chi connectivity index (χ1n) is 3.65. The van der Waals surface area contributed by atoms with Crippen LogP contribution in [-0.2, 0) is 4.74 Å². The van der Waals surface area contributed by atoms with Gasteiger partial charge in [-0.05, 0) is 5.56 Å². The van der Waals surface area contributed by atoms with Crippen molar-refractivity contribution in [2.24, 2.45) is 4.99 Å². The summed E-state index contributed by atoms with van der Waals surface area (Å²) in [6.07, 6.45) is 1.53. The summed E-state index contributed by atoms with van der Waals surface area (Å²) in [5, 5.41) is 0. The average molecular weight is 147 g/mol. The van der Waals surface area contributed by atoms with Gasteiger partial charge in [0.05, 0.1) is 0 Å². The summed E-state index contributed by atoms with van der Waals surface area (Å²) >= 11 is 0. The van der Waals surface area contributed by atoms with Gasteiger partial charge in [0.15, 0.2) is 6.40 Å². The van der Waals surface area contributed by atoms with Crippen LogP contribution in [0.4, 0.5) is 0 Å². The molecule has 2 nitrogen and oxygen atoms in total. The number of ether oxygens (including phenoxy) is 1. The fourth-order valence-electron chi connectivity index (χ4n) is 1.15. The van der Waals surface area contributed by atoms with Crippen molar-refractivity contribution in [1.29, 1.82) is 0 Å². The van der Waals surface area contributed by atoms with E-state index in [1.807, 2.05) is 18.2 Å². The van der Waals surface area contributed by atoms with Gasteiger partial charge >= 0.3 is 0 Å². The number of nitrogens with zero attached hydrogens (tertiary/aromatic N) is 1. The summed E-state index contributed by atoms with van der Waals surface area (Å²) in [4.78, 5) is 4.16. The van der Waals surface area contributed by atoms with Gasteiger partial charge in [-0.1, -0.05) is 30.3 Å². The van der Waals surface area contributed by atoms with E-state index in [1.54, 1.807) is 0 Å². The molecule has 1 atom stereocenters. The van der Waals surface area contributed by atoms with E-state index in [0.29, 0.717) is 6.61 Å². The average Bonchev–Trinajstić information content (AvgIpc) is 2.58. The third-order valence-corrected chi connectivity index (χ3v) is 1.75. The summed E-state index contributed by atoms with van der Waals surface area (Å²) in [6.45, 7) is 0.685. The molecule has 1 aromatic carbocycles. The zero-order valence-electron chi connectivity index (χ0n) is 6.10. The normalized spacial score (nSPS) is 21.6. The standard InChI is InChI=1S/C9H9NO/c1-2-4-8(5-3-1)9-6-11-7-10-9/h1-5,7,9H,6H2/t9-/m1/s1. The first kappa shape index (κ1) is 6.40. The SMILES string of the molecule is C1=N[C@@H](c2ccccc2)CO1. The fraction of sp³-hybridized carbons (Fsp3) is 0.222. The van der Waals surface area contributed by atoms with E-state index >= 15 is 0 Å². The van der Waals surface area contributed by atoms with Gasteiger partial charge < -0.3 is 4.74 Å². The van der Waals surface area contributed by atoms with Crippen molar-refractivity contribution in [1.82, 2.24) is 0 Å². The predicted molar refractivity (Wildman–Crippen MR) is 43.6 cm³/mol. The van der Waals surface area contributed by atoms with E-state index in [4.69, 9.17) is 4.74 Å². The van der Waals surface area contributed by atoms with Crippen LogP contribution in [0.5, 0.6) is 0 Å². The van der Waals surface area contributed by atoms with Gasteiger partial charge in [-0.3, -0.25) is 0 Å². The molecular weight excluding hydrogens is 138 g/mol. The maximum absolute atomic E-state index is 5.02. The smallest absolute Gasteiger partial charge is 0.170 e. The number of aliphatic imine (C=N–C) groups is 1. The quantitative estimate of drug-likeness (QED) is 0.593. The molecule has 1 aliphatic rings. The van der Waals surface area contributed by atoms with E-state index < -0.39 is 0 Å². The molecule has 2 rings (SSSR count). The summed E-state index contributed by atoms with van der Waals surface area (Å²) in [7, 11) is 0. The van der Waals surface area contributed by atoms with Crippen molar-refractivity contribution in [3.8, 4) is 0 Å². The van der Waals surface area contributed by atoms with Crippen molar-refractivity contribution < 1.29 is 4.74 Å². The van der Waals surface area contributed by atoms with Crippen LogP contribution < -0.4 is 0 Å². The van der Waals surface area contributed by atoms with Gasteiger partial charge in [-0.15, -0.1) is 0 Å². The molecule has 2 heteroatoms. The molecule has 0 fully saturated rings. The minimum absolute atomic E-state index is 0.219. The molecule has 1 aliphatic heterocycles. The molecule has 0 saturated carbocycles. The van der Waals surface area contributed by atoms with Crippen molar-refractivity contribution in [2.75, 3.05) is 6.61 Å². The van der Waals surface area contributed by atoms with E-state index in [2.05, 4.69) is 17.1 Å². The molecule has 0 radical (unpaired) electrons. The third kappa shape index (κ3) is 1.24. The van der Waals surface area contributed by atoms with Crippen molar-refractivity contribution in [3.05, 3.63) is 35.9 Å². The Morgan fingerprint density at radius 1 is 1.27 bits per heavy atom. The maximum atomic E-state index is 5.02. The van der Waals surface area contributed by atoms with E-state index in [1.165, 1.54) is 12.0 Å². The topological polar surface area (TPSA) is 21.6 Å². The molecule has 56 valence electrons. The first-order chi connectivity index (χ1) is 5.47. The molecule has 0 N–H and O–H groups in total. The van der Waals surface area contributed by atoms with Gasteiger partial charge in [0.1, 0.15) is 12.6 Å². The van der Waals surface area contributed by atoms with Crippen LogP contribution in [0, 0.1) is 0 Å². The van der Waals surface area contributed by atoms with Gasteiger partial charge in [0.2, 0.25) is 0 Å². The van der Waals surface area contributed by atoms with Gasteiger partial charge in [0.25, 0.3) is 0 Å². The second kappa shape index (κ2) is 2.74. The zero-order valence-corrected chi connectivity index (χ0v) is 6.10. The second-order valence-electron chi connectivity index (χ2n) is 2.51. The number of rotatable bonds is 1. The summed E-state index contributed by atoms with van der Waals surface area (Å²) < 4.78 is 5.02. The summed E-state index contributed by atoms with van der Waals surface area (Å²) in [6, 6.07) is 10.4. The van der Waals surface area contributed by atoms with Crippen LogP contribution >= 0.6 is 0 Å². The Labute approximate surface area is 65.5 Å². The lowest BCUT2D eigenvalue weighted by Crippen LogP contribution is -1.95. The van der Waals surface area contributed by atoms with Gasteiger partial charge in [-0.2, -0.15) is 0 Å². The van der Waals surface area contributed by atoms with E-state index in [-0.39, 0.29) is 6.04 Å². The molecule has 0 saturated heterocycles. The van der Waals surface area contributed by atoms with Crippen molar-refractivity contribution >= 4 is 6.40 Å². The number of hydrogen-bond acceptors (Lipinski definition) is 2. The summed E-state index contributed by atoms with van der Waals surface area (Å²) in [5.74, 6) is 0. The van der Waals surface area contributed by atoms with Crippen LogP contribution in [-0.4, -0.2) is 13.0 Å². The third-order valence-electron chi connectivity index (χ3n) is 1.75. The molecule has 0 amide bonds. The highest BCUT2D eigenvalue weighted by Crippen LogP contribution is 2.19.